The van der Waals surface area contributed by atoms with E-state index in [9.17, 15) is 8.42 Å². The molecule has 1 unspecified atom stereocenters. The molecule has 0 aliphatic carbocycles. The number of nitrogens with two attached hydrogens (primary N) is 1. The largest absolute Gasteiger partial charge is 0.366 e. The first-order valence-electron chi connectivity index (χ1n) is 5.35. The molecule has 1 atom stereocenters. The molecule has 7 nitrogen and oxygen atoms in total. The third-order valence-corrected chi connectivity index (χ3v) is 4.45. The minimum Gasteiger partial charge on any atom is -0.366 e. The first-order chi connectivity index (χ1) is 8.09. The maximum absolute atomic E-state index is 11.5. The zero-order valence-corrected chi connectivity index (χ0v) is 10.1. The molecule has 0 spiro atoms. The molecule has 1 fully saturated rings. The fourth-order valence-corrected chi connectivity index (χ4v) is 3.50. The van der Waals surface area contributed by atoms with E-state index < -0.39 is 9.84 Å². The van der Waals surface area contributed by atoms with Gasteiger partial charge in [-0.2, -0.15) is 0 Å². The molecule has 4 N–H and O–H groups in total. The third kappa shape index (κ3) is 3.27. The Balaban J connectivity index is 2.05. The summed E-state index contributed by atoms with van der Waals surface area (Å²) in [7, 11) is -2.91. The summed E-state index contributed by atoms with van der Waals surface area (Å²) < 4.78 is 22.9. The zero-order valence-electron chi connectivity index (χ0n) is 9.26. The van der Waals surface area contributed by atoms with Crippen LogP contribution in [-0.2, 0) is 9.84 Å². The standard InChI is InChI=1S/C9H15N5O2S/c10-14-9-4-8(11-6-12-9)13-7-2-1-3-17(15,16)5-7/h4,6-7H,1-3,5,10H2,(H2,11,12,13,14). The average molecular weight is 257 g/mol. The highest BCUT2D eigenvalue weighted by molar-refractivity contribution is 7.91. The predicted octanol–water partition coefficient (Wildman–Crippen LogP) is -0.249. The summed E-state index contributed by atoms with van der Waals surface area (Å²) in [6, 6.07) is 1.55. The monoisotopic (exact) mass is 257 g/mol. The summed E-state index contributed by atoms with van der Waals surface area (Å²) >= 11 is 0. The minimum atomic E-state index is -2.91. The molecular weight excluding hydrogens is 242 g/mol. The quantitative estimate of drug-likeness (QED) is 0.506. The fraction of sp³-hybridized carbons (Fsp3) is 0.556. The Morgan fingerprint density at radius 1 is 1.35 bits per heavy atom. The zero-order chi connectivity index (χ0) is 12.3. The van der Waals surface area contributed by atoms with E-state index in [1.165, 1.54) is 6.33 Å². The van der Waals surface area contributed by atoms with Crippen LogP contribution in [0.1, 0.15) is 12.8 Å². The van der Waals surface area contributed by atoms with Gasteiger partial charge in [0.05, 0.1) is 11.5 Å². The van der Waals surface area contributed by atoms with Crippen molar-refractivity contribution in [2.45, 2.75) is 18.9 Å². The lowest BCUT2D eigenvalue weighted by Gasteiger charge is -2.23. The highest BCUT2D eigenvalue weighted by Crippen LogP contribution is 2.17. The second-order valence-corrected chi connectivity index (χ2v) is 6.26. The molecule has 1 aliphatic heterocycles. The Hall–Kier alpha value is -1.41. The van der Waals surface area contributed by atoms with Crippen molar-refractivity contribution in [2.24, 2.45) is 5.84 Å². The van der Waals surface area contributed by atoms with Gasteiger partial charge in [0.1, 0.15) is 18.0 Å². The summed E-state index contributed by atoms with van der Waals surface area (Å²) in [5.74, 6) is 6.73. The van der Waals surface area contributed by atoms with Gasteiger partial charge in [-0.05, 0) is 12.8 Å². The van der Waals surface area contributed by atoms with Gasteiger partial charge in [0.25, 0.3) is 0 Å². The Kier molecular flexibility index (Phi) is 3.43. The molecule has 1 aromatic rings. The molecule has 0 amide bonds. The average Bonchev–Trinajstić information content (AvgIpc) is 2.28. The molecule has 2 rings (SSSR count). The highest BCUT2D eigenvalue weighted by Gasteiger charge is 2.24. The summed E-state index contributed by atoms with van der Waals surface area (Å²) in [4.78, 5) is 7.89. The second-order valence-electron chi connectivity index (χ2n) is 4.03. The van der Waals surface area contributed by atoms with Crippen LogP contribution in [0.25, 0.3) is 0 Å². The van der Waals surface area contributed by atoms with Crippen LogP contribution in [0.3, 0.4) is 0 Å². The molecule has 8 heteroatoms. The van der Waals surface area contributed by atoms with Crippen LogP contribution in [0.2, 0.25) is 0 Å². The van der Waals surface area contributed by atoms with Crippen LogP contribution in [0.15, 0.2) is 12.4 Å². The lowest BCUT2D eigenvalue weighted by Crippen LogP contribution is -2.35. The van der Waals surface area contributed by atoms with Crippen molar-refractivity contribution in [3.63, 3.8) is 0 Å². The molecule has 0 aromatic carbocycles. The lowest BCUT2D eigenvalue weighted by atomic mass is 10.2. The van der Waals surface area contributed by atoms with E-state index in [-0.39, 0.29) is 17.5 Å². The van der Waals surface area contributed by atoms with Gasteiger partial charge in [0.2, 0.25) is 0 Å². The van der Waals surface area contributed by atoms with E-state index in [4.69, 9.17) is 5.84 Å². The number of sulfone groups is 1. The van der Waals surface area contributed by atoms with E-state index in [0.29, 0.717) is 18.1 Å². The number of anilines is 2. The molecule has 0 saturated carbocycles. The van der Waals surface area contributed by atoms with Crippen molar-refractivity contribution >= 4 is 21.5 Å². The van der Waals surface area contributed by atoms with Crippen molar-refractivity contribution in [3.05, 3.63) is 12.4 Å². The van der Waals surface area contributed by atoms with Gasteiger partial charge in [-0.1, -0.05) is 0 Å². The van der Waals surface area contributed by atoms with Crippen LogP contribution in [0.4, 0.5) is 11.6 Å². The number of hydrogen-bond acceptors (Lipinski definition) is 7. The topological polar surface area (TPSA) is 110 Å². The maximum atomic E-state index is 11.5. The van der Waals surface area contributed by atoms with Crippen molar-refractivity contribution < 1.29 is 8.42 Å². The maximum Gasteiger partial charge on any atom is 0.152 e. The number of nitrogens with one attached hydrogen (secondary N) is 2. The molecule has 0 bridgehead atoms. The van der Waals surface area contributed by atoms with Crippen LogP contribution >= 0.6 is 0 Å². The molecule has 2 heterocycles. The summed E-state index contributed by atoms with van der Waals surface area (Å²) in [5.41, 5.74) is 2.41. The van der Waals surface area contributed by atoms with Gasteiger partial charge >= 0.3 is 0 Å². The van der Waals surface area contributed by atoms with Gasteiger partial charge in [-0.25, -0.2) is 24.2 Å². The normalized spacial score (nSPS) is 23.0. The van der Waals surface area contributed by atoms with Crippen molar-refractivity contribution in [3.8, 4) is 0 Å². The van der Waals surface area contributed by atoms with Crippen LogP contribution in [-0.4, -0.2) is 35.9 Å². The Bertz CT molecular complexity index is 490. The molecule has 17 heavy (non-hydrogen) atoms. The Morgan fingerprint density at radius 2 is 2.12 bits per heavy atom. The summed E-state index contributed by atoms with van der Waals surface area (Å²) in [5, 5.41) is 3.09. The smallest absolute Gasteiger partial charge is 0.152 e. The second kappa shape index (κ2) is 4.84. The van der Waals surface area contributed by atoms with E-state index in [0.717, 1.165) is 6.42 Å². The molecule has 1 aromatic heterocycles. The highest BCUT2D eigenvalue weighted by atomic mass is 32.2. The molecule has 1 saturated heterocycles. The van der Waals surface area contributed by atoms with E-state index >= 15 is 0 Å². The number of nitrogen functional groups attached to an aromatic ring is 1. The number of aromatic nitrogens is 2. The minimum absolute atomic E-state index is 0.0886. The van der Waals surface area contributed by atoms with Crippen LogP contribution in [0.5, 0.6) is 0 Å². The fourth-order valence-electron chi connectivity index (χ4n) is 1.86. The SMILES string of the molecule is NNc1cc(NC2CCCS(=O)(=O)C2)ncn1. The van der Waals surface area contributed by atoms with Crippen LogP contribution < -0.4 is 16.6 Å². The molecular formula is C9H15N5O2S. The lowest BCUT2D eigenvalue weighted by molar-refractivity contribution is 0.561. The van der Waals surface area contributed by atoms with Crippen molar-refractivity contribution in [1.29, 1.82) is 0 Å². The van der Waals surface area contributed by atoms with Gasteiger partial charge in [-0.3, -0.25) is 0 Å². The molecule has 0 radical (unpaired) electrons. The number of rotatable bonds is 3. The van der Waals surface area contributed by atoms with Crippen molar-refractivity contribution in [1.82, 2.24) is 9.97 Å². The van der Waals surface area contributed by atoms with Crippen molar-refractivity contribution in [2.75, 3.05) is 22.2 Å². The number of hydrazine groups is 1. The first-order valence-corrected chi connectivity index (χ1v) is 7.17. The summed E-state index contributed by atoms with van der Waals surface area (Å²) in [6.07, 6.45) is 2.89. The molecule has 1 aliphatic rings. The van der Waals surface area contributed by atoms with Crippen LogP contribution in [0, 0.1) is 0 Å². The van der Waals surface area contributed by atoms with Gasteiger partial charge in [0.15, 0.2) is 9.84 Å². The van der Waals surface area contributed by atoms with Gasteiger partial charge < -0.3 is 10.7 Å². The number of nitrogens with zero attached hydrogens (tertiary/aromatic N) is 2. The van der Waals surface area contributed by atoms with E-state index in [1.807, 2.05) is 0 Å². The number of hydrogen-bond donors (Lipinski definition) is 3. The van der Waals surface area contributed by atoms with Gasteiger partial charge in [-0.15, -0.1) is 0 Å². The Morgan fingerprint density at radius 3 is 2.82 bits per heavy atom. The van der Waals surface area contributed by atoms with E-state index in [1.54, 1.807) is 6.07 Å². The third-order valence-electron chi connectivity index (χ3n) is 2.63. The Labute approximate surface area is 99.7 Å². The van der Waals surface area contributed by atoms with E-state index in [2.05, 4.69) is 20.7 Å². The summed E-state index contributed by atoms with van der Waals surface area (Å²) in [6.45, 7) is 0. The van der Waals surface area contributed by atoms with Gasteiger partial charge in [0, 0.05) is 12.1 Å². The predicted molar refractivity (Wildman–Crippen MR) is 65.1 cm³/mol. The first kappa shape index (κ1) is 12.1. The molecule has 94 valence electrons.